The molecule has 3 heterocycles. The molecule has 2 aromatic heterocycles. The molecular weight excluding hydrogens is 366 g/mol. The lowest BCUT2D eigenvalue weighted by molar-refractivity contribution is 0.0515. The number of ether oxygens (including phenoxy) is 1. The number of rotatable bonds is 6. The number of carbonyl (C=O) groups excluding carboxylic acids is 1. The quantitative estimate of drug-likeness (QED) is 0.642. The fourth-order valence-corrected chi connectivity index (χ4v) is 4.03. The maximum atomic E-state index is 12.3. The number of carbonyl (C=O) groups is 1. The summed E-state index contributed by atoms with van der Waals surface area (Å²) in [4.78, 5) is 14.6. The summed E-state index contributed by atoms with van der Waals surface area (Å²) in [6.45, 7) is 4.72. The Bertz CT molecular complexity index is 967. The molecule has 1 aliphatic rings. The summed E-state index contributed by atoms with van der Waals surface area (Å²) in [5, 5.41) is 13.7. The molecule has 0 atom stereocenters. The largest absolute Gasteiger partial charge is 0.461 e. The molecule has 0 radical (unpaired) electrons. The molecular formula is C18H21N5O3S. The van der Waals surface area contributed by atoms with Gasteiger partial charge in [-0.15, -0.1) is 0 Å². The van der Waals surface area contributed by atoms with Gasteiger partial charge in [-0.1, -0.05) is 6.07 Å². The Labute approximate surface area is 160 Å². The molecule has 3 aromatic rings. The van der Waals surface area contributed by atoms with Gasteiger partial charge in [0.25, 0.3) is 0 Å². The Hall–Kier alpha value is -2.36. The van der Waals surface area contributed by atoms with Gasteiger partial charge >= 0.3 is 5.97 Å². The molecule has 0 unspecified atom stereocenters. The van der Waals surface area contributed by atoms with Gasteiger partial charge in [-0.05, 0) is 24.6 Å². The molecule has 0 fully saturated rings. The minimum absolute atomic E-state index is 0.0121. The van der Waals surface area contributed by atoms with Crippen LogP contribution in [0.1, 0.15) is 34.2 Å². The molecule has 0 saturated carbocycles. The van der Waals surface area contributed by atoms with Gasteiger partial charge < -0.3 is 9.84 Å². The maximum absolute atomic E-state index is 12.3. The molecule has 8 nitrogen and oxygen atoms in total. The van der Waals surface area contributed by atoms with E-state index in [1.165, 1.54) is 17.3 Å². The van der Waals surface area contributed by atoms with Gasteiger partial charge in [0.2, 0.25) is 0 Å². The molecule has 0 saturated heterocycles. The number of fused-ring (bicyclic) bond motifs is 2. The fourth-order valence-electron chi connectivity index (χ4n) is 3.51. The third-order valence-corrected chi connectivity index (χ3v) is 5.27. The first kappa shape index (κ1) is 18.0. The van der Waals surface area contributed by atoms with E-state index in [2.05, 4.69) is 30.9 Å². The molecule has 4 rings (SSSR count). The second kappa shape index (κ2) is 7.71. The number of aromatic nitrogens is 4. The van der Waals surface area contributed by atoms with Crippen LogP contribution < -0.4 is 0 Å². The zero-order valence-corrected chi connectivity index (χ0v) is 15.9. The van der Waals surface area contributed by atoms with Crippen molar-refractivity contribution in [2.45, 2.75) is 33.0 Å². The number of esters is 1. The minimum atomic E-state index is -0.401. The Morgan fingerprint density at radius 1 is 1.33 bits per heavy atom. The summed E-state index contributed by atoms with van der Waals surface area (Å²) in [5.41, 5.74) is 5.29. The summed E-state index contributed by atoms with van der Waals surface area (Å²) >= 11 is 1.22. The van der Waals surface area contributed by atoms with Crippen LogP contribution in [0, 0.1) is 0 Å². The van der Waals surface area contributed by atoms with Crippen LogP contribution >= 0.6 is 11.7 Å². The smallest absolute Gasteiger partial charge is 0.359 e. The second-order valence-electron chi connectivity index (χ2n) is 6.49. The van der Waals surface area contributed by atoms with Crippen molar-refractivity contribution in [2.24, 2.45) is 0 Å². The average Bonchev–Trinajstić information content (AvgIpc) is 3.26. The number of hydrogen-bond donors (Lipinski definition) is 1. The predicted molar refractivity (Wildman–Crippen MR) is 101 cm³/mol. The average molecular weight is 387 g/mol. The Balaban J connectivity index is 1.58. The van der Waals surface area contributed by atoms with Crippen LogP contribution in [0.5, 0.6) is 0 Å². The van der Waals surface area contributed by atoms with Gasteiger partial charge in [-0.25, -0.2) is 4.79 Å². The lowest BCUT2D eigenvalue weighted by Crippen LogP contribution is -2.31. The highest BCUT2D eigenvalue weighted by molar-refractivity contribution is 7.00. The van der Waals surface area contributed by atoms with Crippen molar-refractivity contribution in [1.82, 2.24) is 23.4 Å². The predicted octanol–water partition coefficient (Wildman–Crippen LogP) is 1.62. The van der Waals surface area contributed by atoms with Crippen LogP contribution in [0.4, 0.5) is 0 Å². The zero-order valence-electron chi connectivity index (χ0n) is 15.1. The van der Waals surface area contributed by atoms with E-state index in [-0.39, 0.29) is 6.61 Å². The van der Waals surface area contributed by atoms with Gasteiger partial charge in [0.05, 0.1) is 31.5 Å². The highest BCUT2D eigenvalue weighted by atomic mass is 32.1. The molecule has 0 aliphatic carbocycles. The molecule has 9 heteroatoms. The molecule has 1 N–H and O–H groups in total. The minimum Gasteiger partial charge on any atom is -0.461 e. The number of aliphatic hydroxyl groups is 1. The molecule has 142 valence electrons. The van der Waals surface area contributed by atoms with Crippen molar-refractivity contribution >= 4 is 28.7 Å². The van der Waals surface area contributed by atoms with Crippen molar-refractivity contribution in [3.05, 3.63) is 40.7 Å². The fraction of sp³-hybridized carbons (Fsp3) is 0.444. The molecule has 0 spiro atoms. The topological polar surface area (TPSA) is 93.4 Å². The van der Waals surface area contributed by atoms with Crippen LogP contribution in [-0.4, -0.2) is 54.3 Å². The van der Waals surface area contributed by atoms with Crippen LogP contribution in [-0.2, 0) is 30.8 Å². The first-order chi connectivity index (χ1) is 13.2. The van der Waals surface area contributed by atoms with E-state index in [9.17, 15) is 9.90 Å². The van der Waals surface area contributed by atoms with Crippen molar-refractivity contribution in [3.63, 3.8) is 0 Å². The highest BCUT2D eigenvalue weighted by Crippen LogP contribution is 2.25. The third kappa shape index (κ3) is 3.58. The lowest BCUT2D eigenvalue weighted by atomic mass is 10.0. The van der Waals surface area contributed by atoms with Crippen LogP contribution in [0.25, 0.3) is 11.0 Å². The second-order valence-corrected chi connectivity index (χ2v) is 7.02. The number of benzene rings is 1. The standard InChI is InChI=1S/C18H21N5O3S/c1-2-26-18(25)17-13-11-22(6-5-16(13)23(19-17)7-8-24)10-12-3-4-14-15(9-12)21-27-20-14/h3-4,9,24H,2,5-8,10-11H2,1H3. The van der Waals surface area contributed by atoms with Gasteiger partial charge in [0, 0.05) is 37.3 Å². The molecule has 1 aliphatic heterocycles. The summed E-state index contributed by atoms with van der Waals surface area (Å²) < 4.78 is 15.5. The van der Waals surface area contributed by atoms with E-state index in [1.807, 2.05) is 6.07 Å². The number of aliphatic hydroxyl groups excluding tert-OH is 1. The van der Waals surface area contributed by atoms with Crippen LogP contribution in [0.15, 0.2) is 18.2 Å². The third-order valence-electron chi connectivity index (χ3n) is 4.72. The van der Waals surface area contributed by atoms with Crippen molar-refractivity contribution in [3.8, 4) is 0 Å². The monoisotopic (exact) mass is 387 g/mol. The maximum Gasteiger partial charge on any atom is 0.359 e. The van der Waals surface area contributed by atoms with E-state index in [0.29, 0.717) is 25.4 Å². The summed E-state index contributed by atoms with van der Waals surface area (Å²) in [5.74, 6) is -0.401. The molecule has 1 aromatic carbocycles. The SMILES string of the molecule is CCOC(=O)c1nn(CCO)c2c1CN(Cc1ccc3nsnc3c1)CC2. The molecule has 0 bridgehead atoms. The van der Waals surface area contributed by atoms with E-state index in [1.54, 1.807) is 11.6 Å². The van der Waals surface area contributed by atoms with Gasteiger partial charge in [-0.2, -0.15) is 13.8 Å². The highest BCUT2D eigenvalue weighted by Gasteiger charge is 2.28. The normalized spacial score (nSPS) is 14.4. The van der Waals surface area contributed by atoms with Crippen LogP contribution in [0.2, 0.25) is 0 Å². The van der Waals surface area contributed by atoms with Crippen molar-refractivity contribution < 1.29 is 14.6 Å². The Morgan fingerprint density at radius 3 is 3.00 bits per heavy atom. The summed E-state index contributed by atoms with van der Waals surface area (Å²) in [6, 6.07) is 6.13. The zero-order chi connectivity index (χ0) is 18.8. The summed E-state index contributed by atoms with van der Waals surface area (Å²) in [7, 11) is 0. The summed E-state index contributed by atoms with van der Waals surface area (Å²) in [6.07, 6.45) is 0.780. The van der Waals surface area contributed by atoms with E-state index >= 15 is 0 Å². The van der Waals surface area contributed by atoms with Gasteiger partial charge in [0.15, 0.2) is 5.69 Å². The Kier molecular flexibility index (Phi) is 5.15. The first-order valence-electron chi connectivity index (χ1n) is 8.99. The lowest BCUT2D eigenvalue weighted by Gasteiger charge is -2.27. The van der Waals surface area contributed by atoms with E-state index in [4.69, 9.17) is 4.74 Å². The van der Waals surface area contributed by atoms with Gasteiger partial charge in [-0.3, -0.25) is 9.58 Å². The van der Waals surface area contributed by atoms with E-state index < -0.39 is 5.97 Å². The van der Waals surface area contributed by atoms with Crippen molar-refractivity contribution in [2.75, 3.05) is 19.8 Å². The van der Waals surface area contributed by atoms with Crippen LogP contribution in [0.3, 0.4) is 0 Å². The molecule has 0 amide bonds. The Morgan fingerprint density at radius 2 is 2.19 bits per heavy atom. The number of nitrogens with zero attached hydrogens (tertiary/aromatic N) is 5. The van der Waals surface area contributed by atoms with Crippen molar-refractivity contribution in [1.29, 1.82) is 0 Å². The van der Waals surface area contributed by atoms with E-state index in [0.717, 1.165) is 41.8 Å². The first-order valence-corrected chi connectivity index (χ1v) is 9.72. The number of hydrogen-bond acceptors (Lipinski definition) is 8. The van der Waals surface area contributed by atoms with Gasteiger partial charge in [0.1, 0.15) is 11.0 Å². The molecule has 27 heavy (non-hydrogen) atoms.